The molecule has 0 spiro atoms. The van der Waals surface area contributed by atoms with Crippen LogP contribution in [0.1, 0.15) is 17.9 Å². The highest BCUT2D eigenvalue weighted by molar-refractivity contribution is 5.73. The Labute approximate surface area is 76.7 Å². The third-order valence-electron chi connectivity index (χ3n) is 1.62. The summed E-state index contributed by atoms with van der Waals surface area (Å²) in [4.78, 5) is 17.5. The van der Waals surface area contributed by atoms with E-state index in [2.05, 4.69) is 15.3 Å². The second kappa shape index (κ2) is 4.61. The van der Waals surface area contributed by atoms with E-state index in [1.807, 2.05) is 6.92 Å². The summed E-state index contributed by atoms with van der Waals surface area (Å²) in [5, 5.41) is 3.07. The number of amides is 1. The Morgan fingerprint density at radius 1 is 1.77 bits per heavy atom. The summed E-state index contributed by atoms with van der Waals surface area (Å²) in [5.41, 5.74) is 5.99. The molecule has 0 unspecified atom stereocenters. The summed E-state index contributed by atoms with van der Waals surface area (Å²) in [6, 6.07) is 0. The Bertz CT molecular complexity index is 281. The molecule has 1 rings (SSSR count). The predicted molar refractivity (Wildman–Crippen MR) is 48.8 cm³/mol. The Hall–Kier alpha value is -1.36. The van der Waals surface area contributed by atoms with E-state index in [4.69, 9.17) is 5.73 Å². The lowest BCUT2D eigenvalue weighted by Gasteiger charge is -1.99. The van der Waals surface area contributed by atoms with Crippen molar-refractivity contribution in [3.05, 3.63) is 17.7 Å². The van der Waals surface area contributed by atoms with Crippen molar-refractivity contribution in [2.24, 2.45) is 5.73 Å². The fourth-order valence-electron chi connectivity index (χ4n) is 0.996. The highest BCUT2D eigenvalue weighted by atomic mass is 16.1. The van der Waals surface area contributed by atoms with Crippen LogP contribution in [0.4, 0.5) is 0 Å². The maximum atomic E-state index is 10.4. The van der Waals surface area contributed by atoms with Gasteiger partial charge in [-0.25, -0.2) is 4.98 Å². The Kier molecular flexibility index (Phi) is 3.45. The first kappa shape index (κ1) is 9.73. The molecular weight excluding hydrogens is 168 g/mol. The van der Waals surface area contributed by atoms with E-state index in [1.54, 1.807) is 6.20 Å². The minimum atomic E-state index is -0.284. The molecule has 13 heavy (non-hydrogen) atoms. The number of primary amides is 1. The molecule has 5 nitrogen and oxygen atoms in total. The molecule has 0 radical (unpaired) electrons. The minimum Gasteiger partial charge on any atom is -0.370 e. The summed E-state index contributed by atoms with van der Waals surface area (Å²) in [6.45, 7) is 3.19. The molecule has 0 saturated carbocycles. The number of hydrogen-bond donors (Lipinski definition) is 3. The third-order valence-corrected chi connectivity index (χ3v) is 1.62. The van der Waals surface area contributed by atoms with Crippen LogP contribution in [0.3, 0.4) is 0 Å². The average Bonchev–Trinajstić information content (AvgIpc) is 2.45. The maximum Gasteiger partial charge on any atom is 0.218 e. The average molecular weight is 182 g/mol. The lowest BCUT2D eigenvalue weighted by atomic mass is 10.4. The van der Waals surface area contributed by atoms with E-state index in [9.17, 15) is 4.79 Å². The number of aromatic nitrogens is 2. The van der Waals surface area contributed by atoms with Gasteiger partial charge < -0.3 is 16.0 Å². The summed E-state index contributed by atoms with van der Waals surface area (Å²) in [6.07, 6.45) is 2.14. The van der Waals surface area contributed by atoms with E-state index in [0.717, 1.165) is 11.5 Å². The van der Waals surface area contributed by atoms with E-state index in [0.29, 0.717) is 19.5 Å². The number of carbonyl (C=O) groups is 1. The van der Waals surface area contributed by atoms with Gasteiger partial charge in [0.05, 0.1) is 0 Å². The standard InChI is InChI=1S/C8H14N4O/c1-6-11-5-7(12-6)4-10-3-2-8(9)13/h5,10H,2-4H2,1H3,(H2,9,13)(H,11,12). The van der Waals surface area contributed by atoms with Crippen LogP contribution >= 0.6 is 0 Å². The molecule has 1 aromatic rings. The highest BCUT2D eigenvalue weighted by Gasteiger charge is 1.96. The fraction of sp³-hybridized carbons (Fsp3) is 0.500. The van der Waals surface area contributed by atoms with E-state index >= 15 is 0 Å². The molecule has 0 bridgehead atoms. The zero-order chi connectivity index (χ0) is 9.68. The molecule has 1 heterocycles. The lowest BCUT2D eigenvalue weighted by Crippen LogP contribution is -2.21. The summed E-state index contributed by atoms with van der Waals surface area (Å²) in [5.74, 6) is 0.611. The second-order valence-corrected chi connectivity index (χ2v) is 2.89. The Balaban J connectivity index is 2.16. The van der Waals surface area contributed by atoms with Gasteiger partial charge in [0, 0.05) is 31.4 Å². The van der Waals surface area contributed by atoms with Crippen LogP contribution in [-0.4, -0.2) is 22.4 Å². The molecule has 0 atom stereocenters. The number of nitrogens with two attached hydrogens (primary N) is 1. The predicted octanol–water partition coefficient (Wildman–Crippen LogP) is -0.317. The molecule has 4 N–H and O–H groups in total. The first-order chi connectivity index (χ1) is 6.18. The molecular formula is C8H14N4O. The van der Waals surface area contributed by atoms with Crippen molar-refractivity contribution in [3.8, 4) is 0 Å². The van der Waals surface area contributed by atoms with Gasteiger partial charge in [-0.15, -0.1) is 0 Å². The van der Waals surface area contributed by atoms with Gasteiger partial charge in [-0.2, -0.15) is 0 Å². The van der Waals surface area contributed by atoms with Crippen LogP contribution in [0, 0.1) is 6.92 Å². The van der Waals surface area contributed by atoms with Gasteiger partial charge in [0.25, 0.3) is 0 Å². The molecule has 0 aliphatic heterocycles. The molecule has 0 aliphatic carbocycles. The van der Waals surface area contributed by atoms with Crippen LogP contribution in [0.5, 0.6) is 0 Å². The van der Waals surface area contributed by atoms with Crippen LogP contribution in [-0.2, 0) is 11.3 Å². The number of carbonyl (C=O) groups excluding carboxylic acids is 1. The van der Waals surface area contributed by atoms with Gasteiger partial charge in [-0.3, -0.25) is 4.79 Å². The summed E-state index contributed by atoms with van der Waals surface area (Å²) < 4.78 is 0. The number of H-pyrrole nitrogens is 1. The monoisotopic (exact) mass is 182 g/mol. The zero-order valence-corrected chi connectivity index (χ0v) is 7.63. The molecule has 5 heteroatoms. The third kappa shape index (κ3) is 3.71. The minimum absolute atomic E-state index is 0.284. The Morgan fingerprint density at radius 2 is 2.54 bits per heavy atom. The molecule has 0 aromatic carbocycles. The van der Waals surface area contributed by atoms with Gasteiger partial charge in [-0.1, -0.05) is 0 Å². The summed E-state index contributed by atoms with van der Waals surface area (Å²) >= 11 is 0. The molecule has 1 amide bonds. The highest BCUT2D eigenvalue weighted by Crippen LogP contribution is 1.94. The molecule has 0 fully saturated rings. The number of rotatable bonds is 5. The van der Waals surface area contributed by atoms with Gasteiger partial charge in [0.1, 0.15) is 5.82 Å². The topological polar surface area (TPSA) is 83.8 Å². The van der Waals surface area contributed by atoms with Crippen molar-refractivity contribution in [3.63, 3.8) is 0 Å². The normalized spacial score (nSPS) is 10.2. The molecule has 0 saturated heterocycles. The first-order valence-electron chi connectivity index (χ1n) is 4.18. The summed E-state index contributed by atoms with van der Waals surface area (Å²) in [7, 11) is 0. The Morgan fingerprint density at radius 3 is 3.08 bits per heavy atom. The van der Waals surface area contributed by atoms with Gasteiger partial charge >= 0.3 is 0 Å². The van der Waals surface area contributed by atoms with Crippen molar-refractivity contribution < 1.29 is 4.79 Å². The quantitative estimate of drug-likeness (QED) is 0.546. The molecule has 0 aliphatic rings. The van der Waals surface area contributed by atoms with Crippen LogP contribution in [0.2, 0.25) is 0 Å². The largest absolute Gasteiger partial charge is 0.370 e. The number of hydrogen-bond acceptors (Lipinski definition) is 3. The van der Waals surface area contributed by atoms with E-state index in [-0.39, 0.29) is 5.91 Å². The van der Waals surface area contributed by atoms with Crippen LogP contribution < -0.4 is 11.1 Å². The molecule has 1 aromatic heterocycles. The number of nitrogens with zero attached hydrogens (tertiary/aromatic N) is 1. The van der Waals surface area contributed by atoms with Crippen LogP contribution in [0.25, 0.3) is 0 Å². The van der Waals surface area contributed by atoms with E-state index in [1.165, 1.54) is 0 Å². The zero-order valence-electron chi connectivity index (χ0n) is 7.63. The number of imidazole rings is 1. The van der Waals surface area contributed by atoms with Crippen molar-refractivity contribution >= 4 is 5.91 Å². The number of aromatic amines is 1. The first-order valence-corrected chi connectivity index (χ1v) is 4.18. The fourth-order valence-corrected chi connectivity index (χ4v) is 0.996. The van der Waals surface area contributed by atoms with Gasteiger partial charge in [-0.05, 0) is 6.92 Å². The second-order valence-electron chi connectivity index (χ2n) is 2.89. The van der Waals surface area contributed by atoms with E-state index < -0.39 is 0 Å². The van der Waals surface area contributed by atoms with Crippen molar-refractivity contribution in [1.82, 2.24) is 15.3 Å². The smallest absolute Gasteiger partial charge is 0.218 e. The van der Waals surface area contributed by atoms with Crippen molar-refractivity contribution in [2.75, 3.05) is 6.54 Å². The van der Waals surface area contributed by atoms with Crippen LogP contribution in [0.15, 0.2) is 6.20 Å². The maximum absolute atomic E-state index is 10.4. The number of nitrogens with one attached hydrogen (secondary N) is 2. The molecule has 72 valence electrons. The van der Waals surface area contributed by atoms with Crippen molar-refractivity contribution in [2.45, 2.75) is 19.9 Å². The van der Waals surface area contributed by atoms with Crippen molar-refractivity contribution in [1.29, 1.82) is 0 Å². The van der Waals surface area contributed by atoms with Gasteiger partial charge in [0.2, 0.25) is 5.91 Å². The SMILES string of the molecule is Cc1ncc(CNCCC(N)=O)[nH]1. The number of aryl methyl sites for hydroxylation is 1. The lowest BCUT2D eigenvalue weighted by molar-refractivity contribution is -0.117. The van der Waals surface area contributed by atoms with Gasteiger partial charge in [0.15, 0.2) is 0 Å².